The maximum atomic E-state index is 16.5. The Morgan fingerprint density at radius 3 is 2.18 bits per heavy atom. The Morgan fingerprint density at radius 2 is 1.67 bits per heavy atom. The molecule has 0 radical (unpaired) electrons. The van der Waals surface area contributed by atoms with Gasteiger partial charge in [0.2, 0.25) is 5.91 Å². The standard InChI is InChI=1S/C36H37F6N3O4/c1-7-22-12-26(38)33(34(39)32(22)31-19(4)9-24(37)10-20(31)5)27(14-30(47)48)43-35(49)28(8-18(2)3)45-17-23(11-21-15-44(6)16-21)25(13-29(45)46)36(40,41)42/h1,9-10,12-13,17-18,21,27-28H,8,11,14-16H2,2-6H3,(H,43,49)(H,47,48)/t27-,28-/m1/s1. The van der Waals surface area contributed by atoms with Crippen molar-refractivity contribution in [1.82, 2.24) is 14.8 Å². The Hall–Kier alpha value is -4.57. The van der Waals surface area contributed by atoms with Gasteiger partial charge < -0.3 is 19.9 Å². The number of carbonyl (C=O) groups is 2. The van der Waals surface area contributed by atoms with Gasteiger partial charge in [-0.2, -0.15) is 13.2 Å². The summed E-state index contributed by atoms with van der Waals surface area (Å²) in [6.07, 6.45) is 0.639. The Morgan fingerprint density at radius 1 is 1.06 bits per heavy atom. The molecule has 3 aromatic rings. The zero-order valence-electron chi connectivity index (χ0n) is 27.6. The van der Waals surface area contributed by atoms with E-state index in [9.17, 15) is 37.1 Å². The van der Waals surface area contributed by atoms with E-state index < -0.39 is 70.7 Å². The van der Waals surface area contributed by atoms with Gasteiger partial charge in [0.15, 0.2) is 0 Å². The number of alkyl halides is 3. The number of hydrogen-bond acceptors (Lipinski definition) is 4. The van der Waals surface area contributed by atoms with Crippen LogP contribution in [0.25, 0.3) is 11.1 Å². The van der Waals surface area contributed by atoms with Gasteiger partial charge in [-0.25, -0.2) is 13.2 Å². The van der Waals surface area contributed by atoms with Crippen molar-refractivity contribution in [3.8, 4) is 23.5 Å². The van der Waals surface area contributed by atoms with Crippen molar-refractivity contribution < 1.29 is 41.0 Å². The number of amides is 1. The van der Waals surface area contributed by atoms with Crippen LogP contribution in [0.5, 0.6) is 0 Å². The molecule has 2 aromatic carbocycles. The molecular weight excluding hydrogens is 652 g/mol. The molecule has 7 nitrogen and oxygen atoms in total. The summed E-state index contributed by atoms with van der Waals surface area (Å²) in [5.74, 6) is -3.95. The third-order valence-corrected chi connectivity index (χ3v) is 8.65. The van der Waals surface area contributed by atoms with E-state index in [1.165, 1.54) is 13.8 Å². The number of carbonyl (C=O) groups excluding carboxylic acids is 1. The first-order valence-electron chi connectivity index (χ1n) is 15.6. The summed E-state index contributed by atoms with van der Waals surface area (Å²) in [6.45, 7) is 7.45. The second-order valence-electron chi connectivity index (χ2n) is 13.1. The van der Waals surface area contributed by atoms with Crippen molar-refractivity contribution in [2.75, 3.05) is 20.1 Å². The highest BCUT2D eigenvalue weighted by molar-refractivity contribution is 5.83. The zero-order valence-corrected chi connectivity index (χ0v) is 27.6. The summed E-state index contributed by atoms with van der Waals surface area (Å²) in [6, 6.07) is 0.180. The fourth-order valence-electron chi connectivity index (χ4n) is 6.61. The van der Waals surface area contributed by atoms with Gasteiger partial charge in [0.05, 0.1) is 18.0 Å². The molecule has 2 atom stereocenters. The van der Waals surface area contributed by atoms with Crippen LogP contribution in [0.3, 0.4) is 0 Å². The van der Waals surface area contributed by atoms with Crippen LogP contribution in [0.1, 0.15) is 72.2 Å². The number of hydrogen-bond donors (Lipinski definition) is 2. The number of likely N-dealkylation sites (tertiary alicyclic amines) is 1. The average Bonchev–Trinajstić information content (AvgIpc) is 2.95. The molecule has 4 rings (SSSR count). The highest BCUT2D eigenvalue weighted by Crippen LogP contribution is 2.39. The molecule has 2 heterocycles. The first-order valence-corrected chi connectivity index (χ1v) is 15.6. The van der Waals surface area contributed by atoms with E-state index in [0.29, 0.717) is 19.2 Å². The Bertz CT molecular complexity index is 1850. The predicted octanol–water partition coefficient (Wildman–Crippen LogP) is 6.57. The number of carboxylic acid groups (broad SMARTS) is 1. The van der Waals surface area contributed by atoms with Crippen LogP contribution < -0.4 is 10.9 Å². The molecule has 1 aliphatic heterocycles. The molecule has 0 unspecified atom stereocenters. The Kier molecular flexibility index (Phi) is 11.0. The lowest BCUT2D eigenvalue weighted by atomic mass is 9.88. The number of nitrogens with zero attached hydrogens (tertiary/aromatic N) is 2. The van der Waals surface area contributed by atoms with Gasteiger partial charge in [0, 0.05) is 42.0 Å². The molecule has 1 aromatic heterocycles. The number of aryl methyl sites for hydroxylation is 2. The topological polar surface area (TPSA) is 91.6 Å². The van der Waals surface area contributed by atoms with E-state index in [1.807, 2.05) is 11.9 Å². The number of halogens is 6. The van der Waals surface area contributed by atoms with Crippen LogP contribution in [-0.4, -0.2) is 46.6 Å². The van der Waals surface area contributed by atoms with Gasteiger partial charge in [0.1, 0.15) is 23.5 Å². The van der Waals surface area contributed by atoms with Crippen LogP contribution in [0.2, 0.25) is 0 Å². The van der Waals surface area contributed by atoms with Crippen LogP contribution >= 0.6 is 0 Å². The van der Waals surface area contributed by atoms with E-state index >= 15 is 8.78 Å². The fourth-order valence-corrected chi connectivity index (χ4v) is 6.61. The van der Waals surface area contributed by atoms with Crippen LogP contribution in [0.15, 0.2) is 35.3 Å². The minimum atomic E-state index is -4.84. The van der Waals surface area contributed by atoms with E-state index in [4.69, 9.17) is 6.42 Å². The maximum Gasteiger partial charge on any atom is 0.416 e. The summed E-state index contributed by atoms with van der Waals surface area (Å²) < 4.78 is 89.3. The molecule has 1 amide bonds. The van der Waals surface area contributed by atoms with Crippen molar-refractivity contribution >= 4 is 11.9 Å². The molecule has 0 spiro atoms. The van der Waals surface area contributed by atoms with E-state index in [2.05, 4.69) is 11.2 Å². The lowest BCUT2D eigenvalue weighted by molar-refractivity contribution is -0.139. The second-order valence-corrected chi connectivity index (χ2v) is 13.1. The van der Waals surface area contributed by atoms with Gasteiger partial charge in [-0.3, -0.25) is 14.4 Å². The largest absolute Gasteiger partial charge is 0.481 e. The summed E-state index contributed by atoms with van der Waals surface area (Å²) in [7, 11) is 1.81. The number of rotatable bonds is 11. The Labute approximate surface area is 279 Å². The predicted molar refractivity (Wildman–Crippen MR) is 171 cm³/mol. The highest BCUT2D eigenvalue weighted by atomic mass is 19.4. The molecule has 49 heavy (non-hydrogen) atoms. The first kappa shape index (κ1) is 37.3. The van der Waals surface area contributed by atoms with Crippen molar-refractivity contribution in [2.45, 2.75) is 65.2 Å². The molecule has 262 valence electrons. The van der Waals surface area contributed by atoms with Crippen LogP contribution in [-0.2, 0) is 22.2 Å². The second kappa shape index (κ2) is 14.5. The average molecular weight is 690 g/mol. The summed E-state index contributed by atoms with van der Waals surface area (Å²) in [5.41, 5.74) is -3.16. The van der Waals surface area contributed by atoms with Crippen molar-refractivity contribution in [2.24, 2.45) is 11.8 Å². The summed E-state index contributed by atoms with van der Waals surface area (Å²) >= 11 is 0. The van der Waals surface area contributed by atoms with E-state index in [0.717, 1.165) is 29.0 Å². The molecule has 0 bridgehead atoms. The van der Waals surface area contributed by atoms with Crippen LogP contribution in [0.4, 0.5) is 26.3 Å². The van der Waals surface area contributed by atoms with Gasteiger partial charge in [-0.1, -0.05) is 19.8 Å². The van der Waals surface area contributed by atoms with Crippen molar-refractivity contribution in [3.63, 3.8) is 0 Å². The highest BCUT2D eigenvalue weighted by Gasteiger charge is 2.38. The quantitative estimate of drug-likeness (QED) is 0.176. The normalized spacial score (nSPS) is 15.1. The molecule has 1 aliphatic rings. The molecule has 0 aliphatic carbocycles. The fraction of sp³-hybridized carbons (Fsp3) is 0.417. The summed E-state index contributed by atoms with van der Waals surface area (Å²) in [5, 5.41) is 12.1. The number of benzene rings is 2. The van der Waals surface area contributed by atoms with Gasteiger partial charge >= 0.3 is 12.1 Å². The van der Waals surface area contributed by atoms with E-state index in [-0.39, 0.29) is 58.1 Å². The minimum absolute atomic E-state index is 0.0138. The molecule has 0 saturated carbocycles. The SMILES string of the molecule is C#Cc1cc(F)c([C@@H](CC(=O)O)NC(=O)[C@@H](CC(C)C)n2cc(CC3CN(C)C3)c(C(F)(F)F)cc2=O)c(F)c1-c1c(C)cc(F)cc1C. The van der Waals surface area contributed by atoms with E-state index in [1.54, 1.807) is 13.8 Å². The number of aliphatic carboxylic acids is 1. The van der Waals surface area contributed by atoms with Crippen molar-refractivity contribution in [1.29, 1.82) is 0 Å². The zero-order chi connectivity index (χ0) is 36.5. The number of terminal acetylenes is 1. The van der Waals surface area contributed by atoms with Gasteiger partial charge in [0.25, 0.3) is 5.56 Å². The first-order chi connectivity index (χ1) is 22.8. The molecule has 1 fully saturated rings. The third kappa shape index (κ3) is 8.19. The lowest BCUT2D eigenvalue weighted by Gasteiger charge is -2.37. The molecule has 13 heteroatoms. The lowest BCUT2D eigenvalue weighted by Crippen LogP contribution is -2.45. The summed E-state index contributed by atoms with van der Waals surface area (Å²) in [4.78, 5) is 41.1. The number of aromatic nitrogens is 1. The van der Waals surface area contributed by atoms with Gasteiger partial charge in [-0.05, 0) is 86.0 Å². The number of carboxylic acids is 1. The molecule has 1 saturated heterocycles. The van der Waals surface area contributed by atoms with Gasteiger partial charge in [-0.15, -0.1) is 6.42 Å². The third-order valence-electron chi connectivity index (χ3n) is 8.65. The minimum Gasteiger partial charge on any atom is -0.481 e. The smallest absolute Gasteiger partial charge is 0.416 e. The van der Waals surface area contributed by atoms with Crippen molar-refractivity contribution in [3.05, 3.63) is 91.6 Å². The maximum absolute atomic E-state index is 16.5. The number of pyridine rings is 1. The number of nitrogens with one attached hydrogen (secondary N) is 1. The molecular formula is C36H37F6N3O4. The monoisotopic (exact) mass is 689 g/mol. The van der Waals surface area contributed by atoms with Crippen LogP contribution in [0, 0.1) is 55.5 Å². The molecule has 2 N–H and O–H groups in total. The Balaban J connectivity index is 1.84.